The van der Waals surface area contributed by atoms with Crippen LogP contribution in [0.4, 0.5) is 17.6 Å². The molecule has 0 saturated carbocycles. The van der Waals surface area contributed by atoms with Crippen LogP contribution in [0.15, 0.2) is 48.5 Å². The molecule has 7 nitrogen and oxygen atoms in total. The molecule has 35 heavy (non-hydrogen) atoms. The molecule has 2 heterocycles. The summed E-state index contributed by atoms with van der Waals surface area (Å²) >= 11 is 0. The Labute approximate surface area is 200 Å². The zero-order valence-corrected chi connectivity index (χ0v) is 19.2. The third-order valence-electron chi connectivity index (χ3n) is 6.19. The van der Waals surface area contributed by atoms with Gasteiger partial charge in [0.1, 0.15) is 17.7 Å². The van der Waals surface area contributed by atoms with Crippen LogP contribution in [0.1, 0.15) is 41.4 Å². The molecule has 3 aromatic rings. The van der Waals surface area contributed by atoms with Gasteiger partial charge in [-0.2, -0.15) is 13.2 Å². The van der Waals surface area contributed by atoms with Gasteiger partial charge in [-0.05, 0) is 59.5 Å². The summed E-state index contributed by atoms with van der Waals surface area (Å²) in [4.78, 5) is 15.3. The van der Waals surface area contributed by atoms with Crippen LogP contribution in [-0.2, 0) is 23.9 Å². The Morgan fingerprint density at radius 2 is 1.83 bits per heavy atom. The maximum absolute atomic E-state index is 13.3. The van der Waals surface area contributed by atoms with Crippen molar-refractivity contribution in [2.45, 2.75) is 51.0 Å². The number of tetrazole rings is 1. The number of alkyl halides is 3. The number of nitrogens with one attached hydrogen (secondary N) is 1. The summed E-state index contributed by atoms with van der Waals surface area (Å²) in [5, 5.41) is 14.6. The number of carbonyl (C=O) groups excluding carboxylic acids is 1. The van der Waals surface area contributed by atoms with Gasteiger partial charge >= 0.3 is 6.18 Å². The van der Waals surface area contributed by atoms with Gasteiger partial charge in [-0.25, -0.2) is 9.07 Å². The lowest BCUT2D eigenvalue weighted by molar-refractivity contribution is -0.137. The summed E-state index contributed by atoms with van der Waals surface area (Å²) in [5.74, 6) is -0.102. The second-order valence-corrected chi connectivity index (χ2v) is 8.77. The van der Waals surface area contributed by atoms with Crippen molar-refractivity contribution in [2.24, 2.45) is 0 Å². The van der Waals surface area contributed by atoms with Crippen LogP contribution in [0.2, 0.25) is 0 Å². The zero-order chi connectivity index (χ0) is 25.0. The van der Waals surface area contributed by atoms with Crippen molar-refractivity contribution in [3.8, 4) is 0 Å². The fourth-order valence-corrected chi connectivity index (χ4v) is 4.30. The predicted octanol–water partition coefficient (Wildman–Crippen LogP) is 3.70. The van der Waals surface area contributed by atoms with Crippen LogP contribution in [0, 0.1) is 12.7 Å². The van der Waals surface area contributed by atoms with Crippen LogP contribution < -0.4 is 5.32 Å². The molecule has 1 aromatic heterocycles. The van der Waals surface area contributed by atoms with E-state index >= 15 is 0 Å². The van der Waals surface area contributed by atoms with Crippen LogP contribution in [0.25, 0.3) is 0 Å². The highest BCUT2D eigenvalue weighted by Crippen LogP contribution is 2.30. The van der Waals surface area contributed by atoms with Crippen molar-refractivity contribution >= 4 is 5.91 Å². The number of amides is 1. The summed E-state index contributed by atoms with van der Waals surface area (Å²) in [6.45, 7) is 3.42. The third kappa shape index (κ3) is 6.41. The maximum atomic E-state index is 13.3. The molecular formula is C24H26F4N6O. The fraction of sp³-hybridized carbons (Fsp3) is 0.417. The van der Waals surface area contributed by atoms with E-state index in [1.54, 1.807) is 25.1 Å². The highest BCUT2D eigenvalue weighted by Gasteiger charge is 2.31. The Morgan fingerprint density at radius 3 is 2.46 bits per heavy atom. The van der Waals surface area contributed by atoms with Crippen molar-refractivity contribution in [1.82, 2.24) is 30.4 Å². The first-order valence-corrected chi connectivity index (χ1v) is 11.4. The van der Waals surface area contributed by atoms with Crippen molar-refractivity contribution in [2.75, 3.05) is 13.1 Å². The molecule has 1 aliphatic heterocycles. The number of benzene rings is 2. The second-order valence-electron chi connectivity index (χ2n) is 8.77. The van der Waals surface area contributed by atoms with Crippen molar-refractivity contribution < 1.29 is 22.4 Å². The van der Waals surface area contributed by atoms with Gasteiger partial charge in [0.2, 0.25) is 5.91 Å². The topological polar surface area (TPSA) is 75.9 Å². The van der Waals surface area contributed by atoms with Gasteiger partial charge in [0.25, 0.3) is 0 Å². The van der Waals surface area contributed by atoms with E-state index in [1.807, 2.05) is 0 Å². The number of likely N-dealkylation sites (tertiary alicyclic amines) is 1. The third-order valence-corrected chi connectivity index (χ3v) is 6.19. The normalized spacial score (nSPS) is 16.3. The average molecular weight is 491 g/mol. The smallest absolute Gasteiger partial charge is 0.351 e. The fourth-order valence-electron chi connectivity index (χ4n) is 4.30. The van der Waals surface area contributed by atoms with Crippen LogP contribution in [0.5, 0.6) is 0 Å². The molecule has 0 bridgehead atoms. The number of aryl methyl sites for hydroxylation is 1. The van der Waals surface area contributed by atoms with E-state index in [0.29, 0.717) is 50.3 Å². The standard InChI is InChI=1S/C24H26F4N6O/c1-16-30-31-32-34(16)22(14-17-5-7-20(25)8-6-17)23(35)29-21-9-11-33(12-10-21)15-18-3-2-4-19(13-18)24(26,27)28/h2-8,13,21-22H,9-12,14-15H2,1H3,(H,29,35). The summed E-state index contributed by atoms with van der Waals surface area (Å²) in [7, 11) is 0. The number of piperidine rings is 1. The molecule has 2 aromatic carbocycles. The van der Waals surface area contributed by atoms with E-state index in [2.05, 4.69) is 25.7 Å². The Kier molecular flexibility index (Phi) is 7.44. The molecule has 0 aliphatic carbocycles. The number of nitrogens with zero attached hydrogens (tertiary/aromatic N) is 5. The second kappa shape index (κ2) is 10.5. The molecular weight excluding hydrogens is 464 g/mol. The van der Waals surface area contributed by atoms with E-state index in [0.717, 1.165) is 11.6 Å². The molecule has 1 fully saturated rings. The molecule has 4 rings (SSSR count). The minimum atomic E-state index is -4.37. The monoisotopic (exact) mass is 490 g/mol. The number of hydrogen-bond acceptors (Lipinski definition) is 5. The Hall–Kier alpha value is -3.34. The molecule has 186 valence electrons. The van der Waals surface area contributed by atoms with Crippen molar-refractivity contribution in [1.29, 1.82) is 0 Å². The van der Waals surface area contributed by atoms with Crippen LogP contribution in [-0.4, -0.2) is 50.1 Å². The van der Waals surface area contributed by atoms with E-state index in [4.69, 9.17) is 0 Å². The Morgan fingerprint density at radius 1 is 1.11 bits per heavy atom. The molecule has 0 radical (unpaired) electrons. The molecule has 1 amide bonds. The first kappa shape index (κ1) is 24.8. The molecule has 1 N–H and O–H groups in total. The van der Waals surface area contributed by atoms with E-state index in [-0.39, 0.29) is 17.8 Å². The van der Waals surface area contributed by atoms with Gasteiger partial charge in [0, 0.05) is 32.1 Å². The van der Waals surface area contributed by atoms with Crippen LogP contribution in [0.3, 0.4) is 0 Å². The minimum Gasteiger partial charge on any atom is -0.351 e. The van der Waals surface area contributed by atoms with Gasteiger partial charge < -0.3 is 5.32 Å². The zero-order valence-electron chi connectivity index (χ0n) is 19.2. The lowest BCUT2D eigenvalue weighted by Gasteiger charge is -2.33. The minimum absolute atomic E-state index is 0.0761. The average Bonchev–Trinajstić information content (AvgIpc) is 3.25. The van der Waals surface area contributed by atoms with Crippen LogP contribution >= 0.6 is 0 Å². The van der Waals surface area contributed by atoms with Crippen molar-refractivity contribution in [3.05, 3.63) is 76.9 Å². The Bertz CT molecular complexity index is 1140. The molecule has 0 spiro atoms. The highest BCUT2D eigenvalue weighted by atomic mass is 19.4. The SMILES string of the molecule is Cc1nnnn1C(Cc1ccc(F)cc1)C(=O)NC1CCN(Cc2cccc(C(F)(F)F)c2)CC1. The maximum Gasteiger partial charge on any atom is 0.416 e. The number of halogens is 4. The predicted molar refractivity (Wildman–Crippen MR) is 120 cm³/mol. The molecule has 1 aliphatic rings. The summed E-state index contributed by atoms with van der Waals surface area (Å²) in [6.07, 6.45) is -2.73. The van der Waals surface area contributed by atoms with Crippen molar-refractivity contribution in [3.63, 3.8) is 0 Å². The Balaban J connectivity index is 1.36. The number of aromatic nitrogens is 4. The highest BCUT2D eigenvalue weighted by molar-refractivity contribution is 5.80. The largest absolute Gasteiger partial charge is 0.416 e. The summed E-state index contributed by atoms with van der Waals surface area (Å²) in [6, 6.07) is 10.5. The lowest BCUT2D eigenvalue weighted by Crippen LogP contribution is -2.47. The lowest BCUT2D eigenvalue weighted by atomic mass is 10.0. The number of rotatable bonds is 7. The molecule has 1 atom stereocenters. The van der Waals surface area contributed by atoms with Gasteiger partial charge in [0.05, 0.1) is 5.56 Å². The molecule has 1 unspecified atom stereocenters. The first-order valence-electron chi connectivity index (χ1n) is 11.4. The van der Waals surface area contributed by atoms with Gasteiger partial charge in [-0.3, -0.25) is 9.69 Å². The van der Waals surface area contributed by atoms with Gasteiger partial charge in [-0.1, -0.05) is 30.3 Å². The summed E-state index contributed by atoms with van der Waals surface area (Å²) in [5.41, 5.74) is 0.732. The van der Waals surface area contributed by atoms with E-state index < -0.39 is 17.8 Å². The van der Waals surface area contributed by atoms with Gasteiger partial charge in [-0.15, -0.1) is 5.10 Å². The first-order chi connectivity index (χ1) is 16.7. The number of carbonyl (C=O) groups is 1. The summed E-state index contributed by atoms with van der Waals surface area (Å²) < 4.78 is 53.7. The van der Waals surface area contributed by atoms with E-state index in [1.165, 1.54) is 28.9 Å². The molecule has 11 heteroatoms. The molecule has 1 saturated heterocycles. The van der Waals surface area contributed by atoms with Gasteiger partial charge in [0.15, 0.2) is 0 Å². The van der Waals surface area contributed by atoms with E-state index in [9.17, 15) is 22.4 Å². The number of hydrogen-bond donors (Lipinski definition) is 1. The quantitative estimate of drug-likeness (QED) is 0.511.